The van der Waals surface area contributed by atoms with Crippen molar-refractivity contribution in [1.29, 1.82) is 0 Å². The molecule has 34 heavy (non-hydrogen) atoms. The summed E-state index contributed by atoms with van der Waals surface area (Å²) in [5, 5.41) is 9.54. The number of hydrogen-bond donors (Lipinski definition) is 1. The molecule has 0 saturated heterocycles. The zero-order chi connectivity index (χ0) is 23.5. The van der Waals surface area contributed by atoms with Gasteiger partial charge >= 0.3 is 0 Å². The van der Waals surface area contributed by atoms with E-state index in [-0.39, 0.29) is 23.1 Å². The fourth-order valence-corrected chi connectivity index (χ4v) is 3.78. The van der Waals surface area contributed by atoms with Crippen LogP contribution in [0.1, 0.15) is 27.0 Å². The third-order valence-corrected chi connectivity index (χ3v) is 5.51. The molecule has 0 saturated carbocycles. The van der Waals surface area contributed by atoms with Gasteiger partial charge in [-0.2, -0.15) is 0 Å². The second-order valence-electron chi connectivity index (χ2n) is 7.81. The molecule has 0 aromatic heterocycles. The highest BCUT2D eigenvalue weighted by molar-refractivity contribution is 6.33. The fourth-order valence-electron chi connectivity index (χ4n) is 3.78. The number of aromatic hydroxyl groups is 1. The van der Waals surface area contributed by atoms with Gasteiger partial charge in [0, 0.05) is 16.7 Å². The number of phenolic OH excluding ortho intramolecular Hbond substituents is 1. The largest absolute Gasteiger partial charge is 0.508 e. The molecule has 0 bridgehead atoms. The van der Waals surface area contributed by atoms with Gasteiger partial charge in [-0.3, -0.25) is 14.5 Å². The molecule has 5 rings (SSSR count). The Bertz CT molecular complexity index is 1410. The van der Waals surface area contributed by atoms with Crippen LogP contribution in [0, 0.1) is 0 Å². The van der Waals surface area contributed by atoms with E-state index in [1.807, 2.05) is 48.5 Å². The Morgan fingerprint density at radius 2 is 1.32 bits per heavy atom. The molecule has 0 radical (unpaired) electrons. The summed E-state index contributed by atoms with van der Waals surface area (Å²) in [5.41, 5.74) is 3.61. The Balaban J connectivity index is 1.51. The number of amides is 1. The minimum atomic E-state index is -0.269. The van der Waals surface area contributed by atoms with Crippen LogP contribution in [0.3, 0.4) is 0 Å². The molecule has 0 fully saturated rings. The molecule has 4 aromatic carbocycles. The number of nitrogens with zero attached hydrogens (tertiary/aromatic N) is 2. The Morgan fingerprint density at radius 3 is 1.97 bits per heavy atom. The predicted molar refractivity (Wildman–Crippen MR) is 133 cm³/mol. The molecule has 0 spiro atoms. The van der Waals surface area contributed by atoms with Crippen molar-refractivity contribution in [1.82, 2.24) is 0 Å². The molecule has 164 valence electrons. The van der Waals surface area contributed by atoms with E-state index in [2.05, 4.69) is 4.99 Å². The van der Waals surface area contributed by atoms with Crippen LogP contribution in [-0.2, 0) is 4.79 Å². The monoisotopic (exact) mass is 444 g/mol. The summed E-state index contributed by atoms with van der Waals surface area (Å²) >= 11 is 0. The minimum Gasteiger partial charge on any atom is -0.508 e. The van der Waals surface area contributed by atoms with Crippen molar-refractivity contribution in [2.45, 2.75) is 0 Å². The van der Waals surface area contributed by atoms with E-state index in [4.69, 9.17) is 0 Å². The van der Waals surface area contributed by atoms with E-state index in [1.165, 1.54) is 0 Å². The summed E-state index contributed by atoms with van der Waals surface area (Å²) in [6.45, 7) is 0. The number of ketones is 1. The van der Waals surface area contributed by atoms with E-state index < -0.39 is 0 Å². The van der Waals surface area contributed by atoms with Gasteiger partial charge in [0.05, 0.1) is 5.69 Å². The van der Waals surface area contributed by atoms with Crippen molar-refractivity contribution in [2.24, 2.45) is 4.99 Å². The minimum absolute atomic E-state index is 0.0789. The third kappa shape index (κ3) is 4.14. The van der Waals surface area contributed by atoms with E-state index in [9.17, 15) is 14.7 Å². The molecule has 1 N–H and O–H groups in total. The van der Waals surface area contributed by atoms with Crippen LogP contribution in [0.15, 0.2) is 120 Å². The maximum absolute atomic E-state index is 13.4. The molecule has 0 atom stereocenters. The number of rotatable bonds is 5. The van der Waals surface area contributed by atoms with Gasteiger partial charge in [0.15, 0.2) is 5.78 Å². The third-order valence-electron chi connectivity index (χ3n) is 5.51. The van der Waals surface area contributed by atoms with Crippen molar-refractivity contribution < 1.29 is 14.7 Å². The van der Waals surface area contributed by atoms with Crippen LogP contribution in [0.2, 0.25) is 0 Å². The van der Waals surface area contributed by atoms with Crippen molar-refractivity contribution in [3.05, 3.63) is 137 Å². The summed E-state index contributed by atoms with van der Waals surface area (Å²) in [5.74, 6) is 0.316. The standard InChI is InChI=1S/C29H20N2O3/c32-25-17-11-20(12-18-25)19-26-29(34)31(28(30-26)23-9-5-2-6-10-23)24-15-13-22(14-16-24)27(33)21-7-3-1-4-8-21/h1-19,32H/b26-19-. The molecule has 5 heteroatoms. The SMILES string of the molecule is O=C(c1ccccc1)c1ccc(N2C(=O)/C(=C/c3ccc(O)cc3)N=C2c2ccccc2)cc1. The number of anilines is 1. The van der Waals surface area contributed by atoms with Crippen LogP contribution in [-0.4, -0.2) is 22.6 Å². The molecule has 1 aliphatic heterocycles. The van der Waals surface area contributed by atoms with Crippen molar-refractivity contribution in [3.63, 3.8) is 0 Å². The molecule has 0 aliphatic carbocycles. The zero-order valence-corrected chi connectivity index (χ0v) is 18.1. The molecule has 0 unspecified atom stereocenters. The van der Waals surface area contributed by atoms with Crippen molar-refractivity contribution in [2.75, 3.05) is 4.90 Å². The fraction of sp³-hybridized carbons (Fsp3) is 0. The molecule has 4 aromatic rings. The van der Waals surface area contributed by atoms with Crippen molar-refractivity contribution in [3.8, 4) is 5.75 Å². The molecule has 5 nitrogen and oxygen atoms in total. The topological polar surface area (TPSA) is 70.0 Å². The Morgan fingerprint density at radius 1 is 0.735 bits per heavy atom. The van der Waals surface area contributed by atoms with Gasteiger partial charge in [0.25, 0.3) is 5.91 Å². The Labute approximate surface area is 197 Å². The Kier molecular flexibility index (Phi) is 5.58. The average molecular weight is 444 g/mol. The Hall–Kier alpha value is -4.77. The van der Waals surface area contributed by atoms with Crippen LogP contribution in [0.4, 0.5) is 5.69 Å². The number of carbonyl (C=O) groups excluding carboxylic acids is 2. The summed E-state index contributed by atoms with van der Waals surface area (Å²) in [4.78, 5) is 32.4. The number of amidine groups is 1. The van der Waals surface area contributed by atoms with Gasteiger partial charge in [0.1, 0.15) is 17.3 Å². The lowest BCUT2D eigenvalue weighted by Gasteiger charge is -2.19. The first kappa shape index (κ1) is 21.1. The molecular weight excluding hydrogens is 424 g/mol. The summed E-state index contributed by atoms with van der Waals surface area (Å²) < 4.78 is 0. The first-order valence-electron chi connectivity index (χ1n) is 10.8. The van der Waals surface area contributed by atoms with Gasteiger partial charge in [-0.05, 0) is 48.0 Å². The number of hydrogen-bond acceptors (Lipinski definition) is 4. The van der Waals surface area contributed by atoms with E-state index in [0.29, 0.717) is 22.6 Å². The van der Waals surface area contributed by atoms with Gasteiger partial charge in [-0.15, -0.1) is 0 Å². The van der Waals surface area contributed by atoms with Gasteiger partial charge < -0.3 is 5.11 Å². The number of phenols is 1. The molecule has 1 amide bonds. The number of carbonyl (C=O) groups is 2. The second kappa shape index (κ2) is 9.00. The van der Waals surface area contributed by atoms with Gasteiger partial charge in [-0.25, -0.2) is 4.99 Å². The highest BCUT2D eigenvalue weighted by Gasteiger charge is 2.32. The highest BCUT2D eigenvalue weighted by Crippen LogP contribution is 2.28. The predicted octanol–water partition coefficient (Wildman–Crippen LogP) is 5.46. The quantitative estimate of drug-likeness (QED) is 0.328. The van der Waals surface area contributed by atoms with E-state index in [0.717, 1.165) is 11.1 Å². The molecule has 1 aliphatic rings. The maximum atomic E-state index is 13.4. The number of benzene rings is 4. The average Bonchev–Trinajstić information content (AvgIpc) is 3.22. The van der Waals surface area contributed by atoms with Crippen LogP contribution < -0.4 is 4.90 Å². The molecule has 1 heterocycles. The maximum Gasteiger partial charge on any atom is 0.282 e. The highest BCUT2D eigenvalue weighted by atomic mass is 16.3. The smallest absolute Gasteiger partial charge is 0.282 e. The number of aliphatic imine (C=N–C) groups is 1. The second-order valence-corrected chi connectivity index (χ2v) is 7.81. The van der Waals surface area contributed by atoms with E-state index in [1.54, 1.807) is 71.6 Å². The van der Waals surface area contributed by atoms with Gasteiger partial charge in [-0.1, -0.05) is 72.8 Å². The van der Waals surface area contributed by atoms with Gasteiger partial charge in [0.2, 0.25) is 0 Å². The van der Waals surface area contributed by atoms with Crippen LogP contribution in [0.25, 0.3) is 6.08 Å². The lowest BCUT2D eigenvalue weighted by Crippen LogP contribution is -2.32. The molecular formula is C29H20N2O3. The van der Waals surface area contributed by atoms with Crippen LogP contribution >= 0.6 is 0 Å². The lowest BCUT2D eigenvalue weighted by atomic mass is 10.0. The van der Waals surface area contributed by atoms with Crippen molar-refractivity contribution >= 4 is 29.3 Å². The summed E-state index contributed by atoms with van der Waals surface area (Å²) in [7, 11) is 0. The first-order valence-corrected chi connectivity index (χ1v) is 10.8. The first-order chi connectivity index (χ1) is 16.6. The van der Waals surface area contributed by atoms with E-state index >= 15 is 0 Å². The lowest BCUT2D eigenvalue weighted by molar-refractivity contribution is -0.113. The zero-order valence-electron chi connectivity index (χ0n) is 18.1. The van der Waals surface area contributed by atoms with Crippen LogP contribution in [0.5, 0.6) is 5.75 Å². The normalized spacial score (nSPS) is 14.4. The summed E-state index contributed by atoms with van der Waals surface area (Å²) in [6, 6.07) is 32.1. The summed E-state index contributed by atoms with van der Waals surface area (Å²) in [6.07, 6.45) is 1.69.